The quantitative estimate of drug-likeness (QED) is 0.0417. The Kier molecular flexibility index (Phi) is 53.5. The third kappa shape index (κ3) is 50.3. The van der Waals surface area contributed by atoms with Crippen molar-refractivity contribution in [1.29, 1.82) is 0 Å². The summed E-state index contributed by atoms with van der Waals surface area (Å²) in [6, 6.07) is -0.557. The summed E-state index contributed by atoms with van der Waals surface area (Å²) in [5, 5.41) is 23.3. The number of rotatable bonds is 55. The summed E-state index contributed by atoms with van der Waals surface area (Å²) in [6.45, 7) is 4.94. The van der Waals surface area contributed by atoms with E-state index in [2.05, 4.69) is 19.2 Å². The number of hydrogen-bond donors (Lipinski definition) is 3. The molecule has 0 rings (SSSR count). The van der Waals surface area contributed by atoms with E-state index in [9.17, 15) is 19.8 Å². The van der Waals surface area contributed by atoms with Crippen molar-refractivity contribution in [3.05, 3.63) is 0 Å². The molecule has 3 N–H and O–H groups in total. The predicted molar refractivity (Wildman–Crippen MR) is 278 cm³/mol. The van der Waals surface area contributed by atoms with Gasteiger partial charge in [0.15, 0.2) is 0 Å². The number of hydrogen-bond acceptors (Lipinski definition) is 5. The monoisotopic (exact) mass is 906 g/mol. The molecule has 0 saturated heterocycles. The highest BCUT2D eigenvalue weighted by Crippen LogP contribution is 2.18. The van der Waals surface area contributed by atoms with Crippen LogP contribution in [0.1, 0.15) is 335 Å². The van der Waals surface area contributed by atoms with Gasteiger partial charge in [0.25, 0.3) is 0 Å². The minimum Gasteiger partial charge on any atom is -0.466 e. The van der Waals surface area contributed by atoms with Crippen molar-refractivity contribution in [3.63, 3.8) is 0 Å². The standard InChI is InChI=1S/C58H115NO5/c1-3-5-7-9-11-13-15-17-19-21-22-23-25-26-28-30-34-38-42-46-50-56(61)55(54-60)59-57(62)51-47-43-39-35-32-33-37-41-45-49-53-64-58(63)52-48-44-40-36-31-29-27-24-20-18-16-14-12-10-8-6-4-2/h55-56,60-61H,3-54H2,1-2H3,(H,59,62). The van der Waals surface area contributed by atoms with Crippen LogP contribution in [0, 0.1) is 0 Å². The number of unbranched alkanes of at least 4 members (excludes halogenated alkanes) is 44. The third-order valence-electron chi connectivity index (χ3n) is 13.9. The Labute approximate surface area is 400 Å². The third-order valence-corrected chi connectivity index (χ3v) is 13.9. The molecular weight excluding hydrogens is 791 g/mol. The molecule has 0 saturated carbocycles. The van der Waals surface area contributed by atoms with Crippen molar-refractivity contribution in [3.8, 4) is 0 Å². The van der Waals surface area contributed by atoms with Crippen LogP contribution in [0.2, 0.25) is 0 Å². The van der Waals surface area contributed by atoms with E-state index in [-0.39, 0.29) is 18.5 Å². The van der Waals surface area contributed by atoms with Crippen LogP contribution in [0.3, 0.4) is 0 Å². The maximum absolute atomic E-state index is 12.5. The molecular formula is C58H115NO5. The van der Waals surface area contributed by atoms with E-state index in [0.29, 0.717) is 25.9 Å². The molecule has 0 radical (unpaired) electrons. The predicted octanol–water partition coefficient (Wildman–Crippen LogP) is 17.9. The van der Waals surface area contributed by atoms with Gasteiger partial charge < -0.3 is 20.3 Å². The minimum absolute atomic E-state index is 0.0134. The van der Waals surface area contributed by atoms with Gasteiger partial charge in [-0.1, -0.05) is 296 Å². The molecule has 6 heteroatoms. The van der Waals surface area contributed by atoms with Crippen molar-refractivity contribution in [2.24, 2.45) is 0 Å². The van der Waals surface area contributed by atoms with Gasteiger partial charge in [0.05, 0.1) is 25.4 Å². The first kappa shape index (κ1) is 62.9. The van der Waals surface area contributed by atoms with E-state index >= 15 is 0 Å². The summed E-state index contributed by atoms with van der Waals surface area (Å²) < 4.78 is 5.48. The summed E-state index contributed by atoms with van der Waals surface area (Å²) in [6.07, 6.45) is 62.3. The van der Waals surface area contributed by atoms with Gasteiger partial charge in [-0.2, -0.15) is 0 Å². The first-order valence-corrected chi connectivity index (χ1v) is 29.3. The smallest absolute Gasteiger partial charge is 0.305 e. The molecule has 0 heterocycles. The largest absolute Gasteiger partial charge is 0.466 e. The second kappa shape index (κ2) is 54.5. The summed E-state index contributed by atoms with van der Waals surface area (Å²) in [5.74, 6) is -0.0664. The van der Waals surface area contributed by atoms with E-state index in [4.69, 9.17) is 4.74 Å². The lowest BCUT2D eigenvalue weighted by atomic mass is 10.0. The highest BCUT2D eigenvalue weighted by atomic mass is 16.5. The van der Waals surface area contributed by atoms with Crippen molar-refractivity contribution in [2.45, 2.75) is 347 Å². The van der Waals surface area contributed by atoms with Crippen LogP contribution in [0.5, 0.6) is 0 Å². The van der Waals surface area contributed by atoms with E-state index in [1.54, 1.807) is 0 Å². The molecule has 0 aliphatic carbocycles. The second-order valence-electron chi connectivity index (χ2n) is 20.3. The Morgan fingerprint density at radius 3 is 0.953 bits per heavy atom. The number of esters is 1. The van der Waals surface area contributed by atoms with Crippen molar-refractivity contribution in [2.75, 3.05) is 13.2 Å². The lowest BCUT2D eigenvalue weighted by Crippen LogP contribution is -2.45. The highest BCUT2D eigenvalue weighted by molar-refractivity contribution is 5.76. The Bertz CT molecular complexity index is 913. The summed E-state index contributed by atoms with van der Waals surface area (Å²) in [5.41, 5.74) is 0. The van der Waals surface area contributed by atoms with Crippen LogP contribution in [-0.4, -0.2) is 47.4 Å². The average Bonchev–Trinajstić information content (AvgIpc) is 3.29. The first-order valence-electron chi connectivity index (χ1n) is 29.3. The average molecular weight is 907 g/mol. The first-order chi connectivity index (χ1) is 31.5. The van der Waals surface area contributed by atoms with Crippen molar-refractivity contribution >= 4 is 11.9 Å². The Morgan fingerprint density at radius 1 is 0.375 bits per heavy atom. The lowest BCUT2D eigenvalue weighted by Gasteiger charge is -2.22. The van der Waals surface area contributed by atoms with Gasteiger partial charge in [-0.25, -0.2) is 0 Å². The zero-order chi connectivity index (χ0) is 46.5. The number of carbonyl (C=O) groups excluding carboxylic acids is 2. The molecule has 0 spiro atoms. The normalized spacial score (nSPS) is 12.5. The molecule has 1 amide bonds. The highest BCUT2D eigenvalue weighted by Gasteiger charge is 2.20. The van der Waals surface area contributed by atoms with Crippen LogP contribution < -0.4 is 5.32 Å². The molecule has 0 aliphatic rings. The van der Waals surface area contributed by atoms with Gasteiger partial charge in [-0.05, 0) is 25.7 Å². The molecule has 0 aromatic heterocycles. The van der Waals surface area contributed by atoms with E-state index in [0.717, 1.165) is 57.8 Å². The van der Waals surface area contributed by atoms with Crippen LogP contribution in [0.4, 0.5) is 0 Å². The number of carbonyl (C=O) groups is 2. The number of aliphatic hydroxyl groups excluding tert-OH is 2. The van der Waals surface area contributed by atoms with E-state index < -0.39 is 12.1 Å². The second-order valence-corrected chi connectivity index (χ2v) is 20.3. The molecule has 382 valence electrons. The molecule has 2 atom stereocenters. The zero-order valence-corrected chi connectivity index (χ0v) is 43.5. The molecule has 0 bridgehead atoms. The zero-order valence-electron chi connectivity index (χ0n) is 43.5. The van der Waals surface area contributed by atoms with Crippen LogP contribution in [0.15, 0.2) is 0 Å². The van der Waals surface area contributed by atoms with Crippen LogP contribution in [-0.2, 0) is 14.3 Å². The molecule has 64 heavy (non-hydrogen) atoms. The Balaban J connectivity index is 3.44. The minimum atomic E-state index is -0.678. The van der Waals surface area contributed by atoms with Gasteiger partial charge in [0, 0.05) is 12.8 Å². The summed E-state index contributed by atoms with van der Waals surface area (Å²) in [7, 11) is 0. The van der Waals surface area contributed by atoms with Gasteiger partial charge in [-0.3, -0.25) is 9.59 Å². The van der Waals surface area contributed by atoms with Gasteiger partial charge >= 0.3 is 5.97 Å². The SMILES string of the molecule is CCCCCCCCCCCCCCCCCCCCCCC(O)C(CO)NC(=O)CCCCCCCCCCCCOC(=O)CCCCCCCCCCCCCCCCCCC. The molecule has 6 nitrogen and oxygen atoms in total. The molecule has 0 fully saturated rings. The molecule has 0 aromatic rings. The molecule has 0 aromatic carbocycles. The van der Waals surface area contributed by atoms with Crippen molar-refractivity contribution < 1.29 is 24.5 Å². The van der Waals surface area contributed by atoms with E-state index in [1.165, 1.54) is 244 Å². The topological polar surface area (TPSA) is 95.9 Å². The fourth-order valence-electron chi connectivity index (χ4n) is 9.41. The lowest BCUT2D eigenvalue weighted by molar-refractivity contribution is -0.143. The summed E-state index contributed by atoms with van der Waals surface area (Å²) >= 11 is 0. The summed E-state index contributed by atoms with van der Waals surface area (Å²) in [4.78, 5) is 24.6. The number of aliphatic hydroxyl groups is 2. The number of amides is 1. The van der Waals surface area contributed by atoms with Crippen LogP contribution >= 0.6 is 0 Å². The number of ether oxygens (including phenoxy) is 1. The number of nitrogens with one attached hydrogen (secondary N) is 1. The molecule has 2 unspecified atom stereocenters. The van der Waals surface area contributed by atoms with Gasteiger partial charge in [0.2, 0.25) is 5.91 Å². The van der Waals surface area contributed by atoms with Crippen molar-refractivity contribution in [1.82, 2.24) is 5.32 Å². The van der Waals surface area contributed by atoms with E-state index in [1.807, 2.05) is 0 Å². The Morgan fingerprint density at radius 2 is 0.641 bits per heavy atom. The fraction of sp³-hybridized carbons (Fsp3) is 0.966. The Hall–Kier alpha value is -1.14. The van der Waals surface area contributed by atoms with Crippen LogP contribution in [0.25, 0.3) is 0 Å². The maximum atomic E-state index is 12.5. The van der Waals surface area contributed by atoms with Gasteiger partial charge in [0.1, 0.15) is 0 Å². The molecule has 0 aliphatic heterocycles. The van der Waals surface area contributed by atoms with Gasteiger partial charge in [-0.15, -0.1) is 0 Å². The maximum Gasteiger partial charge on any atom is 0.305 e. The fourth-order valence-corrected chi connectivity index (χ4v) is 9.41.